The fraction of sp³-hybridized carbons (Fsp3) is 0. The molecule has 0 bridgehead atoms. The zero-order chi connectivity index (χ0) is 32.3. The topological polar surface area (TPSA) is 17.8 Å². The number of hydrogen-bond acceptors (Lipinski definition) is 1. The van der Waals surface area contributed by atoms with Crippen LogP contribution in [0.5, 0.6) is 0 Å². The second-order valence-electron chi connectivity index (χ2n) is 12.8. The molecule has 7 aromatic carbocycles. The maximum absolute atomic E-state index is 4.48. The Hall–Kier alpha value is -6.51. The molecule has 1 aliphatic carbocycles. The molecule has 0 saturated carbocycles. The van der Waals surface area contributed by atoms with Crippen LogP contribution >= 0.6 is 0 Å². The first kappa shape index (κ1) is 27.6. The van der Waals surface area contributed by atoms with Gasteiger partial charge in [-0.2, -0.15) is 0 Å². The van der Waals surface area contributed by atoms with Gasteiger partial charge in [-0.1, -0.05) is 127 Å². The van der Waals surface area contributed by atoms with Crippen LogP contribution in [0.2, 0.25) is 0 Å². The summed E-state index contributed by atoms with van der Waals surface area (Å²) < 4.78 is 2.31. The third-order valence-corrected chi connectivity index (χ3v) is 10.1. The van der Waals surface area contributed by atoms with E-state index in [1.54, 1.807) is 0 Å². The average Bonchev–Trinajstić information content (AvgIpc) is 3.51. The Balaban J connectivity index is 1.13. The van der Waals surface area contributed by atoms with Crippen LogP contribution in [-0.2, 0) is 0 Å². The first-order valence-corrected chi connectivity index (χ1v) is 16.8. The largest absolute Gasteiger partial charge is 0.308 e. The van der Waals surface area contributed by atoms with Crippen molar-refractivity contribution in [1.29, 1.82) is 0 Å². The number of benzene rings is 7. The lowest BCUT2D eigenvalue weighted by Gasteiger charge is -2.23. The Morgan fingerprint density at radius 2 is 0.837 bits per heavy atom. The van der Waals surface area contributed by atoms with Gasteiger partial charge in [-0.25, -0.2) is 0 Å². The van der Waals surface area contributed by atoms with Crippen LogP contribution in [0.4, 0.5) is 0 Å². The van der Waals surface area contributed by atoms with Crippen molar-refractivity contribution in [2.24, 2.45) is 0 Å². The van der Waals surface area contributed by atoms with Crippen LogP contribution in [0.1, 0.15) is 0 Å². The molecule has 0 radical (unpaired) electrons. The third kappa shape index (κ3) is 4.38. The molecular formula is C47H30N2. The highest BCUT2D eigenvalue weighted by atomic mass is 15.0. The lowest BCUT2D eigenvalue weighted by molar-refractivity contribution is 1.17. The molecule has 1 aliphatic rings. The summed E-state index contributed by atoms with van der Waals surface area (Å²) in [5.74, 6) is 0. The van der Waals surface area contributed by atoms with Gasteiger partial charge in [0, 0.05) is 22.7 Å². The molecular weight excluding hydrogens is 593 g/mol. The number of pyridine rings is 1. The fourth-order valence-corrected chi connectivity index (χ4v) is 7.82. The smallest absolute Gasteiger partial charge is 0.0724 e. The molecule has 2 nitrogen and oxygen atoms in total. The minimum absolute atomic E-state index is 1.11. The molecule has 2 heterocycles. The monoisotopic (exact) mass is 622 g/mol. The summed E-state index contributed by atoms with van der Waals surface area (Å²) >= 11 is 0. The van der Waals surface area contributed by atoms with Gasteiger partial charge in [0.2, 0.25) is 0 Å². The summed E-state index contributed by atoms with van der Waals surface area (Å²) in [5.41, 5.74) is 18.3. The summed E-state index contributed by atoms with van der Waals surface area (Å²) in [6.07, 6.45) is 3.86. The van der Waals surface area contributed by atoms with E-state index < -0.39 is 0 Å². The van der Waals surface area contributed by atoms with Gasteiger partial charge >= 0.3 is 0 Å². The Bertz CT molecular complexity index is 2710. The Kier molecular flexibility index (Phi) is 6.22. The molecule has 9 aromatic rings. The van der Waals surface area contributed by atoms with Crippen LogP contribution < -0.4 is 0 Å². The van der Waals surface area contributed by atoms with E-state index >= 15 is 0 Å². The molecule has 0 unspecified atom stereocenters. The third-order valence-electron chi connectivity index (χ3n) is 10.1. The van der Waals surface area contributed by atoms with Crippen LogP contribution in [0.3, 0.4) is 0 Å². The van der Waals surface area contributed by atoms with Crippen molar-refractivity contribution in [3.05, 3.63) is 182 Å². The van der Waals surface area contributed by atoms with Crippen LogP contribution in [0, 0.1) is 0 Å². The van der Waals surface area contributed by atoms with E-state index in [9.17, 15) is 0 Å². The molecule has 2 heteroatoms. The van der Waals surface area contributed by atoms with Crippen LogP contribution in [0.15, 0.2) is 182 Å². The van der Waals surface area contributed by atoms with E-state index in [-0.39, 0.29) is 0 Å². The normalized spacial score (nSPS) is 11.7. The standard InChI is InChI=1S/C47H30N2/c1-2-13-35(14-3-1)49-46-24-22-34(29-45(46)43-25-26-48-30-47(43)49)32-12-10-11-31(27-32)33-21-23-42-40-19-7-6-17-38(40)36-15-4-5-16-37(36)39-18-8-9-20-41(39)44(42)28-33/h1-30H. The molecule has 0 atom stereocenters. The summed E-state index contributed by atoms with van der Waals surface area (Å²) in [4.78, 5) is 4.48. The summed E-state index contributed by atoms with van der Waals surface area (Å²) in [6.45, 7) is 0. The number of hydrogen-bond donors (Lipinski definition) is 0. The van der Waals surface area contributed by atoms with E-state index in [2.05, 4.69) is 179 Å². The van der Waals surface area contributed by atoms with E-state index in [1.807, 2.05) is 12.4 Å². The summed E-state index contributed by atoms with van der Waals surface area (Å²) in [7, 11) is 0. The molecule has 0 amide bonds. The Morgan fingerprint density at radius 1 is 0.327 bits per heavy atom. The van der Waals surface area contributed by atoms with Crippen molar-refractivity contribution in [1.82, 2.24) is 9.55 Å². The maximum Gasteiger partial charge on any atom is 0.0724 e. The molecule has 228 valence electrons. The first-order chi connectivity index (χ1) is 24.3. The second kappa shape index (κ2) is 11.0. The molecule has 10 rings (SSSR count). The Labute approximate surface area is 285 Å². The van der Waals surface area contributed by atoms with Gasteiger partial charge < -0.3 is 4.57 Å². The number of rotatable bonds is 3. The van der Waals surface area contributed by atoms with Gasteiger partial charge in [0.1, 0.15) is 0 Å². The van der Waals surface area contributed by atoms with Crippen molar-refractivity contribution >= 4 is 21.8 Å². The predicted molar refractivity (Wildman–Crippen MR) is 205 cm³/mol. The summed E-state index contributed by atoms with van der Waals surface area (Å²) in [5, 5.41) is 2.43. The molecule has 2 aromatic heterocycles. The SMILES string of the molecule is c1ccc(-n2c3ccc(-c4cccc(-c5ccc6c(c5)-c5ccccc5-c5ccccc5-c5ccccc5-6)c4)cc3c3ccncc32)cc1. The lowest BCUT2D eigenvalue weighted by atomic mass is 9.80. The fourth-order valence-electron chi connectivity index (χ4n) is 7.82. The van der Waals surface area contributed by atoms with E-state index in [4.69, 9.17) is 0 Å². The van der Waals surface area contributed by atoms with Crippen molar-refractivity contribution in [2.75, 3.05) is 0 Å². The Morgan fingerprint density at radius 3 is 1.47 bits per heavy atom. The minimum Gasteiger partial charge on any atom is -0.308 e. The number of aromatic nitrogens is 2. The minimum atomic E-state index is 1.11. The molecule has 49 heavy (non-hydrogen) atoms. The summed E-state index contributed by atoms with van der Waals surface area (Å²) in [6, 6.07) is 61.9. The number of para-hydroxylation sites is 1. The molecule has 0 N–H and O–H groups in total. The second-order valence-corrected chi connectivity index (χ2v) is 12.8. The predicted octanol–water partition coefficient (Wildman–Crippen LogP) is 12.5. The van der Waals surface area contributed by atoms with Crippen molar-refractivity contribution in [2.45, 2.75) is 0 Å². The zero-order valence-corrected chi connectivity index (χ0v) is 26.7. The molecule has 0 aliphatic heterocycles. The molecule has 0 spiro atoms. The van der Waals surface area contributed by atoms with Gasteiger partial charge in [-0.05, 0) is 109 Å². The van der Waals surface area contributed by atoms with Gasteiger partial charge in [0.15, 0.2) is 0 Å². The highest BCUT2D eigenvalue weighted by Crippen LogP contribution is 2.48. The van der Waals surface area contributed by atoms with Gasteiger partial charge in [-0.3, -0.25) is 4.98 Å². The average molecular weight is 623 g/mol. The van der Waals surface area contributed by atoms with Crippen molar-refractivity contribution in [3.8, 4) is 72.4 Å². The van der Waals surface area contributed by atoms with Crippen molar-refractivity contribution < 1.29 is 0 Å². The van der Waals surface area contributed by atoms with Gasteiger partial charge in [0.05, 0.1) is 17.2 Å². The van der Waals surface area contributed by atoms with Gasteiger partial charge in [-0.15, -0.1) is 0 Å². The van der Waals surface area contributed by atoms with Gasteiger partial charge in [0.25, 0.3) is 0 Å². The quantitative estimate of drug-likeness (QED) is 0.192. The highest BCUT2D eigenvalue weighted by molar-refractivity contribution is 6.10. The molecule has 0 saturated heterocycles. The first-order valence-electron chi connectivity index (χ1n) is 16.8. The zero-order valence-electron chi connectivity index (χ0n) is 26.7. The van der Waals surface area contributed by atoms with Crippen molar-refractivity contribution in [3.63, 3.8) is 0 Å². The lowest BCUT2D eigenvalue weighted by Crippen LogP contribution is -1.97. The highest BCUT2D eigenvalue weighted by Gasteiger charge is 2.22. The number of nitrogens with zero attached hydrogens (tertiary/aromatic N) is 2. The van der Waals surface area contributed by atoms with E-state index in [0.29, 0.717) is 0 Å². The van der Waals surface area contributed by atoms with E-state index in [0.717, 1.165) is 11.2 Å². The maximum atomic E-state index is 4.48. The molecule has 0 fully saturated rings. The van der Waals surface area contributed by atoms with Crippen LogP contribution in [0.25, 0.3) is 94.3 Å². The van der Waals surface area contributed by atoms with Crippen LogP contribution in [-0.4, -0.2) is 9.55 Å². The van der Waals surface area contributed by atoms with E-state index in [1.165, 1.54) is 83.1 Å². The number of fused-ring (bicyclic) bond motifs is 11.